The highest BCUT2D eigenvalue weighted by molar-refractivity contribution is 5.28. The van der Waals surface area contributed by atoms with E-state index in [0.29, 0.717) is 0 Å². The van der Waals surface area contributed by atoms with E-state index in [9.17, 15) is 0 Å². The summed E-state index contributed by atoms with van der Waals surface area (Å²) in [5.41, 5.74) is 9.11. The van der Waals surface area contributed by atoms with Gasteiger partial charge >= 0.3 is 0 Å². The number of rotatable bonds is 3. The zero-order chi connectivity index (χ0) is 13.8. The van der Waals surface area contributed by atoms with Gasteiger partial charge in [-0.3, -0.25) is 0 Å². The first kappa shape index (κ1) is 14.1. The molecule has 2 N–H and O–H groups in total. The van der Waals surface area contributed by atoms with Crippen molar-refractivity contribution in [2.45, 2.75) is 69.4 Å². The third kappa shape index (κ3) is 3.24. The van der Waals surface area contributed by atoms with Crippen molar-refractivity contribution in [1.82, 2.24) is 0 Å². The van der Waals surface area contributed by atoms with Crippen molar-refractivity contribution in [2.75, 3.05) is 6.61 Å². The van der Waals surface area contributed by atoms with Crippen LogP contribution in [0.2, 0.25) is 0 Å². The van der Waals surface area contributed by atoms with Crippen molar-refractivity contribution in [3.63, 3.8) is 0 Å². The molecule has 1 heterocycles. The highest BCUT2D eigenvalue weighted by Crippen LogP contribution is 2.33. The molecule has 0 amide bonds. The minimum atomic E-state index is 0.0377. The molecule has 110 valence electrons. The molecule has 0 bridgehead atoms. The summed E-state index contributed by atoms with van der Waals surface area (Å²) in [6, 6.07) is 9.09. The van der Waals surface area contributed by atoms with E-state index in [1.165, 1.54) is 56.1 Å². The van der Waals surface area contributed by atoms with Crippen LogP contribution in [0.1, 0.15) is 74.5 Å². The molecule has 0 radical (unpaired) electrons. The van der Waals surface area contributed by atoms with Crippen LogP contribution < -0.4 is 5.73 Å². The second-order valence-electron chi connectivity index (χ2n) is 6.43. The Hall–Kier alpha value is -0.860. The number of nitrogens with two attached hydrogens (primary N) is 1. The first-order chi connectivity index (χ1) is 9.84. The first-order valence-corrected chi connectivity index (χ1v) is 8.31. The standard InChI is InChI=1S/C18H27NO/c19-18(17-8-4-5-13-20-17)16-11-9-15(10-12-16)14-6-2-1-3-7-14/h9-12,14,17-18H,1-8,13,19H2. The van der Waals surface area contributed by atoms with Crippen LogP contribution in [-0.2, 0) is 4.74 Å². The molecule has 3 rings (SSSR count). The molecule has 2 aliphatic rings. The second kappa shape index (κ2) is 6.73. The monoisotopic (exact) mass is 273 g/mol. The van der Waals surface area contributed by atoms with Crippen molar-refractivity contribution in [3.8, 4) is 0 Å². The summed E-state index contributed by atoms with van der Waals surface area (Å²) in [7, 11) is 0. The molecule has 1 aromatic rings. The lowest BCUT2D eigenvalue weighted by Crippen LogP contribution is -2.31. The Bertz CT molecular complexity index is 402. The van der Waals surface area contributed by atoms with Crippen LogP contribution in [-0.4, -0.2) is 12.7 Å². The largest absolute Gasteiger partial charge is 0.376 e. The quantitative estimate of drug-likeness (QED) is 0.891. The van der Waals surface area contributed by atoms with Gasteiger partial charge in [-0.25, -0.2) is 0 Å². The predicted octanol–water partition coefficient (Wildman–Crippen LogP) is 4.30. The molecule has 2 heteroatoms. The van der Waals surface area contributed by atoms with Gasteiger partial charge in [0.2, 0.25) is 0 Å². The summed E-state index contributed by atoms with van der Waals surface area (Å²) in [5, 5.41) is 0. The van der Waals surface area contributed by atoms with E-state index in [0.717, 1.165) is 18.9 Å². The Morgan fingerprint density at radius 2 is 1.60 bits per heavy atom. The summed E-state index contributed by atoms with van der Waals surface area (Å²) in [5.74, 6) is 0.778. The second-order valence-corrected chi connectivity index (χ2v) is 6.43. The lowest BCUT2D eigenvalue weighted by molar-refractivity contribution is 0.00000950. The van der Waals surface area contributed by atoms with E-state index in [2.05, 4.69) is 24.3 Å². The molecule has 20 heavy (non-hydrogen) atoms. The lowest BCUT2D eigenvalue weighted by atomic mass is 9.83. The summed E-state index contributed by atoms with van der Waals surface area (Å²) < 4.78 is 5.82. The summed E-state index contributed by atoms with van der Waals surface area (Å²) >= 11 is 0. The zero-order valence-corrected chi connectivity index (χ0v) is 12.4. The van der Waals surface area contributed by atoms with Gasteiger partial charge in [0.1, 0.15) is 0 Å². The molecule has 0 spiro atoms. The third-order valence-corrected chi connectivity index (χ3v) is 5.01. The average molecular weight is 273 g/mol. The van der Waals surface area contributed by atoms with Crippen LogP contribution in [0.25, 0.3) is 0 Å². The van der Waals surface area contributed by atoms with Gasteiger partial charge in [-0.1, -0.05) is 43.5 Å². The zero-order valence-electron chi connectivity index (χ0n) is 12.4. The van der Waals surface area contributed by atoms with Crippen LogP contribution in [0.15, 0.2) is 24.3 Å². The molecule has 1 aliphatic carbocycles. The number of ether oxygens (including phenoxy) is 1. The summed E-state index contributed by atoms with van der Waals surface area (Å²) in [6.45, 7) is 0.874. The van der Waals surface area contributed by atoms with E-state index in [4.69, 9.17) is 10.5 Å². The molecule has 1 aliphatic heterocycles. The summed E-state index contributed by atoms with van der Waals surface area (Å²) in [6.07, 6.45) is 10.7. The number of hydrogen-bond donors (Lipinski definition) is 1. The molecule has 1 aromatic carbocycles. The van der Waals surface area contributed by atoms with Gasteiger partial charge in [0.05, 0.1) is 12.1 Å². The van der Waals surface area contributed by atoms with E-state index in [1.54, 1.807) is 0 Å². The fourth-order valence-electron chi connectivity index (χ4n) is 3.69. The minimum absolute atomic E-state index is 0.0377. The molecule has 2 nitrogen and oxygen atoms in total. The topological polar surface area (TPSA) is 35.2 Å². The van der Waals surface area contributed by atoms with E-state index < -0.39 is 0 Å². The van der Waals surface area contributed by atoms with Crippen LogP contribution in [0, 0.1) is 0 Å². The normalized spacial score (nSPS) is 26.4. The Morgan fingerprint density at radius 1 is 0.900 bits per heavy atom. The maximum absolute atomic E-state index is 6.37. The Labute approximate surface area is 122 Å². The SMILES string of the molecule is NC(c1ccc(C2CCCCC2)cc1)C1CCCCO1. The van der Waals surface area contributed by atoms with Crippen molar-refractivity contribution >= 4 is 0 Å². The van der Waals surface area contributed by atoms with Crippen molar-refractivity contribution in [1.29, 1.82) is 0 Å². The third-order valence-electron chi connectivity index (χ3n) is 5.01. The van der Waals surface area contributed by atoms with Crippen LogP contribution in [0.3, 0.4) is 0 Å². The van der Waals surface area contributed by atoms with Crippen molar-refractivity contribution in [3.05, 3.63) is 35.4 Å². The highest BCUT2D eigenvalue weighted by atomic mass is 16.5. The Morgan fingerprint density at radius 3 is 2.25 bits per heavy atom. The van der Waals surface area contributed by atoms with E-state index in [1.807, 2.05) is 0 Å². The van der Waals surface area contributed by atoms with Crippen LogP contribution in [0.4, 0.5) is 0 Å². The lowest BCUT2D eigenvalue weighted by Gasteiger charge is -2.28. The van der Waals surface area contributed by atoms with Gasteiger partial charge in [0.25, 0.3) is 0 Å². The predicted molar refractivity (Wildman–Crippen MR) is 82.8 cm³/mol. The average Bonchev–Trinajstić information content (AvgIpc) is 2.56. The van der Waals surface area contributed by atoms with Gasteiger partial charge < -0.3 is 10.5 Å². The van der Waals surface area contributed by atoms with Crippen LogP contribution in [0.5, 0.6) is 0 Å². The molecule has 1 saturated carbocycles. The highest BCUT2D eigenvalue weighted by Gasteiger charge is 2.23. The molecular weight excluding hydrogens is 246 g/mol. The van der Waals surface area contributed by atoms with Gasteiger partial charge in [-0.05, 0) is 49.1 Å². The number of benzene rings is 1. The molecule has 2 atom stereocenters. The molecule has 2 unspecified atom stereocenters. The van der Waals surface area contributed by atoms with Gasteiger partial charge in [-0.15, -0.1) is 0 Å². The molecular formula is C18H27NO. The Kier molecular flexibility index (Phi) is 4.74. The van der Waals surface area contributed by atoms with E-state index in [-0.39, 0.29) is 12.1 Å². The van der Waals surface area contributed by atoms with E-state index >= 15 is 0 Å². The molecule has 0 aromatic heterocycles. The fraction of sp³-hybridized carbons (Fsp3) is 0.667. The minimum Gasteiger partial charge on any atom is -0.376 e. The first-order valence-electron chi connectivity index (χ1n) is 8.31. The number of hydrogen-bond acceptors (Lipinski definition) is 2. The smallest absolute Gasteiger partial charge is 0.0767 e. The van der Waals surface area contributed by atoms with Crippen molar-refractivity contribution in [2.24, 2.45) is 5.73 Å². The maximum atomic E-state index is 6.37. The van der Waals surface area contributed by atoms with Gasteiger partial charge in [0, 0.05) is 6.61 Å². The van der Waals surface area contributed by atoms with Crippen LogP contribution >= 0.6 is 0 Å². The fourth-order valence-corrected chi connectivity index (χ4v) is 3.69. The summed E-state index contributed by atoms with van der Waals surface area (Å²) in [4.78, 5) is 0. The van der Waals surface area contributed by atoms with Crippen molar-refractivity contribution < 1.29 is 4.74 Å². The molecule has 1 saturated heterocycles. The molecule has 2 fully saturated rings. The maximum Gasteiger partial charge on any atom is 0.0767 e. The van der Waals surface area contributed by atoms with Gasteiger partial charge in [0.15, 0.2) is 0 Å². The Balaban J connectivity index is 1.65. The van der Waals surface area contributed by atoms with Gasteiger partial charge in [-0.2, -0.15) is 0 Å².